The number of nitrogens with one attached hydrogen (secondary N) is 2. The molecule has 126 valence electrons. The Hall–Kier alpha value is -3.14. The van der Waals surface area contributed by atoms with Gasteiger partial charge in [-0.1, -0.05) is 13.3 Å². The highest BCUT2D eigenvalue weighted by molar-refractivity contribution is 5.96. The van der Waals surface area contributed by atoms with Crippen molar-refractivity contribution in [3.8, 4) is 17.3 Å². The quantitative estimate of drug-likeness (QED) is 0.679. The lowest BCUT2D eigenvalue weighted by Gasteiger charge is -2.18. The van der Waals surface area contributed by atoms with Gasteiger partial charge in [-0.15, -0.1) is 0 Å². The van der Waals surface area contributed by atoms with Gasteiger partial charge < -0.3 is 14.9 Å². The molecule has 0 spiro atoms. The summed E-state index contributed by atoms with van der Waals surface area (Å²) in [4.78, 5) is 28.7. The summed E-state index contributed by atoms with van der Waals surface area (Å²) in [5.74, 6) is -0.171. The van der Waals surface area contributed by atoms with Crippen LogP contribution in [0, 0.1) is 11.3 Å². The Morgan fingerprint density at radius 1 is 1.42 bits per heavy atom. The third-order valence-electron chi connectivity index (χ3n) is 3.87. The molecule has 3 aromatic heterocycles. The van der Waals surface area contributed by atoms with Crippen LogP contribution in [0.1, 0.15) is 33.1 Å². The summed E-state index contributed by atoms with van der Waals surface area (Å²) in [6.07, 6.45) is 6.90. The van der Waals surface area contributed by atoms with Gasteiger partial charge >= 0.3 is 0 Å². The number of H-pyrrole nitrogens is 2. The van der Waals surface area contributed by atoms with Crippen LogP contribution in [0.3, 0.4) is 0 Å². The first-order chi connectivity index (χ1) is 11.7. The number of rotatable bonds is 6. The van der Waals surface area contributed by atoms with Crippen molar-refractivity contribution < 1.29 is 7.65 Å². The van der Waals surface area contributed by atoms with Gasteiger partial charge in [-0.2, -0.15) is 5.26 Å². The summed E-state index contributed by atoms with van der Waals surface area (Å²) in [6.45, 7) is 2.72. The van der Waals surface area contributed by atoms with E-state index >= 15 is 0 Å². The fraction of sp³-hybridized carbons (Fsp3) is 0.294. The molecule has 1 amide bonds. The van der Waals surface area contributed by atoms with Crippen molar-refractivity contribution in [2.75, 3.05) is 13.1 Å². The zero-order valence-corrected chi connectivity index (χ0v) is 13.4. The first-order valence-corrected chi connectivity index (χ1v) is 7.87. The molecule has 2 N–H and O–H groups in total. The molecule has 0 aromatic carbocycles. The second kappa shape index (κ2) is 6.96. The number of unbranched alkanes of at least 4 members (excludes halogenated alkanes) is 1. The molecule has 24 heavy (non-hydrogen) atoms. The zero-order chi connectivity index (χ0) is 16.9. The Balaban J connectivity index is 0.00000169. The summed E-state index contributed by atoms with van der Waals surface area (Å²) in [5, 5.41) is 9.83. The summed E-state index contributed by atoms with van der Waals surface area (Å²) >= 11 is 0. The van der Waals surface area contributed by atoms with Crippen molar-refractivity contribution in [1.29, 1.82) is 5.26 Å². The van der Waals surface area contributed by atoms with E-state index in [-0.39, 0.29) is 15.3 Å². The number of carbonyl (C=O) groups is 1. The topological polar surface area (TPSA) is 101 Å². The molecule has 3 heterocycles. The second-order valence-electron chi connectivity index (χ2n) is 5.50. The third kappa shape index (κ3) is 2.99. The van der Waals surface area contributed by atoms with E-state index in [9.17, 15) is 4.79 Å². The summed E-state index contributed by atoms with van der Waals surface area (Å²) < 4.78 is 0. The molecule has 0 fully saturated rings. The van der Waals surface area contributed by atoms with E-state index in [1.807, 2.05) is 6.07 Å². The van der Waals surface area contributed by atoms with Gasteiger partial charge in [-0.3, -0.25) is 4.79 Å². The third-order valence-corrected chi connectivity index (χ3v) is 3.87. The highest BCUT2D eigenvalue weighted by Gasteiger charge is 2.18. The molecule has 0 radical (unpaired) electrons. The molecule has 0 saturated carbocycles. The van der Waals surface area contributed by atoms with Gasteiger partial charge in [0.1, 0.15) is 24.2 Å². The number of nitriles is 1. The average molecular weight is 326 g/mol. The van der Waals surface area contributed by atoms with Gasteiger partial charge in [0, 0.05) is 32.7 Å². The van der Waals surface area contributed by atoms with Crippen molar-refractivity contribution >= 4 is 16.9 Å². The van der Waals surface area contributed by atoms with E-state index < -0.39 is 0 Å². The van der Waals surface area contributed by atoms with Gasteiger partial charge in [-0.25, -0.2) is 9.97 Å². The van der Waals surface area contributed by atoms with E-state index in [0.717, 1.165) is 35.1 Å². The van der Waals surface area contributed by atoms with E-state index in [1.54, 1.807) is 23.4 Å². The maximum Gasteiger partial charge on any atom is 0.271 e. The zero-order valence-electron chi connectivity index (χ0n) is 13.4. The predicted molar refractivity (Wildman–Crippen MR) is 94.3 cm³/mol. The van der Waals surface area contributed by atoms with Crippen molar-refractivity contribution in [3.05, 3.63) is 36.5 Å². The lowest BCUT2D eigenvalue weighted by molar-refractivity contribution is 0.0769. The molecular formula is C17H22N6O. The van der Waals surface area contributed by atoms with Crippen molar-refractivity contribution in [1.82, 2.24) is 24.8 Å². The van der Waals surface area contributed by atoms with Gasteiger partial charge in [0.15, 0.2) is 0 Å². The number of hydrogen-bond acceptors (Lipinski definition) is 4. The summed E-state index contributed by atoms with van der Waals surface area (Å²) in [6, 6.07) is 5.73. The van der Waals surface area contributed by atoms with Crippen LogP contribution >= 0.6 is 0 Å². The maximum absolute atomic E-state index is 12.6. The van der Waals surface area contributed by atoms with Crippen molar-refractivity contribution in [3.63, 3.8) is 0 Å². The first kappa shape index (κ1) is 15.7. The molecule has 0 saturated heterocycles. The van der Waals surface area contributed by atoms with Crippen LogP contribution in [-0.2, 0) is 0 Å². The van der Waals surface area contributed by atoms with E-state index in [2.05, 4.69) is 32.9 Å². The van der Waals surface area contributed by atoms with Crippen LogP contribution < -0.4 is 0 Å². The Morgan fingerprint density at radius 2 is 2.29 bits per heavy atom. The summed E-state index contributed by atoms with van der Waals surface area (Å²) in [7, 11) is 0. The molecule has 0 aliphatic rings. The molecule has 0 aliphatic heterocycles. The minimum absolute atomic E-state index is 0. The SMILES string of the molecule is CCCCN(CC#N)C(=O)c1cc(-c2ncnc3[nH]ccc23)c[nH]1.[HH].[HH]. The minimum Gasteiger partial charge on any atom is -0.357 e. The summed E-state index contributed by atoms with van der Waals surface area (Å²) in [5.41, 5.74) is 2.79. The largest absolute Gasteiger partial charge is 0.357 e. The number of hydrogen-bond donors (Lipinski definition) is 2. The number of nitrogens with zero attached hydrogens (tertiary/aromatic N) is 4. The maximum atomic E-state index is 12.6. The van der Waals surface area contributed by atoms with Crippen LogP contribution in [0.4, 0.5) is 0 Å². The number of carbonyl (C=O) groups excluding carboxylic acids is 1. The highest BCUT2D eigenvalue weighted by atomic mass is 16.2. The predicted octanol–water partition coefficient (Wildman–Crippen LogP) is 3.21. The van der Waals surface area contributed by atoms with Gasteiger partial charge in [0.2, 0.25) is 0 Å². The van der Waals surface area contributed by atoms with Crippen LogP contribution in [-0.4, -0.2) is 43.8 Å². The number of aromatic amines is 2. The van der Waals surface area contributed by atoms with E-state index in [1.165, 1.54) is 6.33 Å². The molecule has 7 nitrogen and oxygen atoms in total. The Kier molecular flexibility index (Phi) is 4.57. The smallest absolute Gasteiger partial charge is 0.271 e. The molecule has 3 aromatic rings. The first-order valence-electron chi connectivity index (χ1n) is 7.87. The lowest BCUT2D eigenvalue weighted by atomic mass is 10.1. The Labute approximate surface area is 142 Å². The van der Waals surface area contributed by atoms with E-state index in [0.29, 0.717) is 12.2 Å². The number of fused-ring (bicyclic) bond motifs is 1. The van der Waals surface area contributed by atoms with Gasteiger partial charge in [-0.05, 0) is 18.6 Å². The monoisotopic (exact) mass is 326 g/mol. The molecular weight excluding hydrogens is 304 g/mol. The fourth-order valence-electron chi connectivity index (χ4n) is 2.61. The standard InChI is InChI=1S/C17H18N6O.2H2/c1-2-3-7-23(8-5-18)17(24)14-9-12(10-20-14)15-13-4-6-19-16(13)22-11-21-15;;/h4,6,9-11,20H,2-3,7-8H2,1H3,(H,19,21,22);2*1H. The normalized spacial score (nSPS) is 10.7. The second-order valence-corrected chi connectivity index (χ2v) is 5.50. The van der Waals surface area contributed by atoms with E-state index in [4.69, 9.17) is 5.26 Å². The minimum atomic E-state index is -0.171. The molecule has 0 aliphatic carbocycles. The number of aromatic nitrogens is 4. The molecule has 3 rings (SSSR count). The Morgan fingerprint density at radius 3 is 3.08 bits per heavy atom. The average Bonchev–Trinajstić information content (AvgIpc) is 3.26. The molecule has 0 atom stereocenters. The Bertz CT molecular complexity index is 898. The molecule has 7 heteroatoms. The van der Waals surface area contributed by atoms with Gasteiger partial charge in [0.05, 0.1) is 11.8 Å². The molecule has 0 unspecified atom stereocenters. The van der Waals surface area contributed by atoms with Crippen LogP contribution in [0.15, 0.2) is 30.9 Å². The van der Waals surface area contributed by atoms with Crippen molar-refractivity contribution in [2.24, 2.45) is 0 Å². The lowest BCUT2D eigenvalue weighted by Crippen LogP contribution is -2.32. The fourth-order valence-corrected chi connectivity index (χ4v) is 2.61. The number of amides is 1. The van der Waals surface area contributed by atoms with Gasteiger partial charge in [0.25, 0.3) is 5.91 Å². The van der Waals surface area contributed by atoms with Crippen LogP contribution in [0.5, 0.6) is 0 Å². The highest BCUT2D eigenvalue weighted by Crippen LogP contribution is 2.25. The van der Waals surface area contributed by atoms with Crippen LogP contribution in [0.2, 0.25) is 0 Å². The van der Waals surface area contributed by atoms with Crippen LogP contribution in [0.25, 0.3) is 22.3 Å². The van der Waals surface area contributed by atoms with Crippen molar-refractivity contribution in [2.45, 2.75) is 19.8 Å². The molecule has 0 bridgehead atoms.